The van der Waals surface area contributed by atoms with Crippen molar-refractivity contribution in [2.45, 2.75) is 32.4 Å². The van der Waals surface area contributed by atoms with Gasteiger partial charge in [-0.1, -0.05) is 37.3 Å². The van der Waals surface area contributed by atoms with E-state index in [4.69, 9.17) is 4.74 Å². The van der Waals surface area contributed by atoms with Gasteiger partial charge in [0.2, 0.25) is 0 Å². The Kier molecular flexibility index (Phi) is 5.92. The molecule has 1 fully saturated rings. The predicted molar refractivity (Wildman–Crippen MR) is 126 cm³/mol. The maximum absolute atomic E-state index is 13.4. The van der Waals surface area contributed by atoms with Crippen molar-refractivity contribution in [2.75, 3.05) is 20.2 Å². The molecule has 1 N–H and O–H groups in total. The molecule has 0 unspecified atom stereocenters. The van der Waals surface area contributed by atoms with Gasteiger partial charge in [0.25, 0.3) is 5.56 Å². The van der Waals surface area contributed by atoms with Gasteiger partial charge in [0.05, 0.1) is 19.2 Å². The number of pyridine rings is 1. The summed E-state index contributed by atoms with van der Waals surface area (Å²) in [7, 11) is 1.62. The minimum atomic E-state index is -0.332. The number of ether oxygens (including phenoxy) is 1. The molecule has 0 bridgehead atoms. The van der Waals surface area contributed by atoms with Gasteiger partial charge in [-0.2, -0.15) is 0 Å². The van der Waals surface area contributed by atoms with Crippen molar-refractivity contribution in [3.8, 4) is 5.75 Å². The third-order valence-electron chi connectivity index (χ3n) is 6.41. The van der Waals surface area contributed by atoms with Crippen LogP contribution in [0.4, 0.5) is 0 Å². The van der Waals surface area contributed by atoms with Crippen molar-refractivity contribution < 1.29 is 4.74 Å². The van der Waals surface area contributed by atoms with Gasteiger partial charge in [0.1, 0.15) is 11.8 Å². The van der Waals surface area contributed by atoms with Crippen LogP contribution in [0.15, 0.2) is 59.4 Å². The Bertz CT molecular complexity index is 1300. The van der Waals surface area contributed by atoms with E-state index >= 15 is 0 Å². The summed E-state index contributed by atoms with van der Waals surface area (Å²) >= 11 is 0. The van der Waals surface area contributed by atoms with Gasteiger partial charge in [-0.05, 0) is 64.9 Å². The van der Waals surface area contributed by atoms with Gasteiger partial charge in [-0.25, -0.2) is 4.68 Å². The molecule has 4 aromatic rings. The zero-order chi connectivity index (χ0) is 22.8. The van der Waals surface area contributed by atoms with E-state index in [-0.39, 0.29) is 11.6 Å². The summed E-state index contributed by atoms with van der Waals surface area (Å²) in [5.41, 5.74) is 2.38. The SMILES string of the molecule is COc1ccc2cc([C@H](c3nnnn3Cc3ccccc3)N3CCC[C@@H](C)C3)c(=O)[nH]c2c1. The smallest absolute Gasteiger partial charge is 0.253 e. The van der Waals surface area contributed by atoms with Crippen molar-refractivity contribution in [3.63, 3.8) is 0 Å². The molecule has 1 aliphatic rings. The van der Waals surface area contributed by atoms with Crippen LogP contribution < -0.4 is 10.3 Å². The molecule has 1 saturated heterocycles. The molecule has 5 rings (SSSR count). The average molecular weight is 445 g/mol. The van der Waals surface area contributed by atoms with Crippen LogP contribution in [0.5, 0.6) is 5.75 Å². The maximum atomic E-state index is 13.4. The van der Waals surface area contributed by atoms with Crippen LogP contribution in [-0.4, -0.2) is 50.3 Å². The predicted octanol–water partition coefficient (Wildman–Crippen LogP) is 3.39. The molecule has 0 amide bonds. The summed E-state index contributed by atoms with van der Waals surface area (Å²) in [4.78, 5) is 18.8. The fraction of sp³-hybridized carbons (Fsp3) is 0.360. The molecule has 2 aromatic carbocycles. The molecule has 0 spiro atoms. The number of H-pyrrole nitrogens is 1. The number of likely N-dealkylation sites (tertiary alicyclic amines) is 1. The molecule has 33 heavy (non-hydrogen) atoms. The zero-order valence-electron chi connectivity index (χ0n) is 18.9. The van der Waals surface area contributed by atoms with Crippen molar-refractivity contribution in [2.24, 2.45) is 5.92 Å². The topological polar surface area (TPSA) is 88.9 Å². The van der Waals surface area contributed by atoms with Crippen molar-refractivity contribution in [1.82, 2.24) is 30.1 Å². The molecular formula is C25H28N6O2. The van der Waals surface area contributed by atoms with E-state index in [1.54, 1.807) is 7.11 Å². The fourth-order valence-electron chi connectivity index (χ4n) is 4.76. The molecule has 0 aliphatic carbocycles. The Labute approximate surface area is 192 Å². The zero-order valence-corrected chi connectivity index (χ0v) is 18.9. The first-order chi connectivity index (χ1) is 16.1. The second kappa shape index (κ2) is 9.15. The summed E-state index contributed by atoms with van der Waals surface area (Å²) in [5.74, 6) is 1.94. The lowest BCUT2D eigenvalue weighted by molar-refractivity contribution is 0.141. The van der Waals surface area contributed by atoms with Crippen LogP contribution in [0.1, 0.15) is 42.8 Å². The minimum Gasteiger partial charge on any atom is -0.497 e. The lowest BCUT2D eigenvalue weighted by Crippen LogP contribution is -2.41. The minimum absolute atomic E-state index is 0.131. The molecular weight excluding hydrogens is 416 g/mol. The van der Waals surface area contributed by atoms with Crippen molar-refractivity contribution in [1.29, 1.82) is 0 Å². The number of aromatic amines is 1. The maximum Gasteiger partial charge on any atom is 0.253 e. The van der Waals surface area contributed by atoms with Gasteiger partial charge in [-0.3, -0.25) is 9.69 Å². The largest absolute Gasteiger partial charge is 0.497 e. The molecule has 2 atom stereocenters. The van der Waals surface area contributed by atoms with Crippen LogP contribution in [0.2, 0.25) is 0 Å². The summed E-state index contributed by atoms with van der Waals surface area (Å²) < 4.78 is 7.13. The van der Waals surface area contributed by atoms with Crippen LogP contribution in [0.3, 0.4) is 0 Å². The Morgan fingerprint density at radius 2 is 2.03 bits per heavy atom. The number of hydrogen-bond acceptors (Lipinski definition) is 6. The highest BCUT2D eigenvalue weighted by atomic mass is 16.5. The van der Waals surface area contributed by atoms with E-state index in [9.17, 15) is 4.79 Å². The number of fused-ring (bicyclic) bond motifs is 1. The molecule has 3 heterocycles. The van der Waals surface area contributed by atoms with Crippen LogP contribution in [0.25, 0.3) is 10.9 Å². The third-order valence-corrected chi connectivity index (χ3v) is 6.41. The number of benzene rings is 2. The van der Waals surface area contributed by atoms with Crippen LogP contribution in [0, 0.1) is 5.92 Å². The molecule has 8 nitrogen and oxygen atoms in total. The van der Waals surface area contributed by atoms with Gasteiger partial charge in [0.15, 0.2) is 5.82 Å². The van der Waals surface area contributed by atoms with E-state index in [1.807, 2.05) is 47.1 Å². The normalized spacial score (nSPS) is 17.8. The number of hydrogen-bond donors (Lipinski definition) is 1. The first-order valence-electron chi connectivity index (χ1n) is 11.4. The standard InChI is InChI=1S/C25H28N6O2/c1-17-7-6-12-30(15-17)23(24-27-28-29-31(24)16-18-8-4-3-5-9-18)21-13-19-10-11-20(33-2)14-22(19)26-25(21)32/h3-5,8-11,13-14,17,23H,6-7,12,15-16H2,1-2H3,(H,26,32)/t17-,23-/m1/s1. The van der Waals surface area contributed by atoms with Gasteiger partial charge >= 0.3 is 0 Å². The number of methoxy groups -OCH3 is 1. The summed E-state index contributed by atoms with van der Waals surface area (Å²) in [6, 6.07) is 17.5. The van der Waals surface area contributed by atoms with Crippen LogP contribution in [-0.2, 0) is 6.54 Å². The summed E-state index contributed by atoms with van der Waals surface area (Å²) in [6.45, 7) is 4.59. The number of tetrazole rings is 1. The molecule has 8 heteroatoms. The Hall–Kier alpha value is -3.52. The number of piperidine rings is 1. The highest BCUT2D eigenvalue weighted by molar-refractivity contribution is 5.80. The van der Waals surface area contributed by atoms with E-state index in [0.29, 0.717) is 29.6 Å². The second-order valence-electron chi connectivity index (χ2n) is 8.83. The van der Waals surface area contributed by atoms with Gasteiger partial charge in [-0.15, -0.1) is 5.10 Å². The lowest BCUT2D eigenvalue weighted by Gasteiger charge is -2.36. The van der Waals surface area contributed by atoms with E-state index in [0.717, 1.165) is 36.0 Å². The summed E-state index contributed by atoms with van der Waals surface area (Å²) in [6.07, 6.45) is 2.27. The number of aromatic nitrogens is 5. The lowest BCUT2D eigenvalue weighted by atomic mass is 9.95. The number of nitrogens with one attached hydrogen (secondary N) is 1. The van der Waals surface area contributed by atoms with E-state index < -0.39 is 0 Å². The van der Waals surface area contributed by atoms with Crippen LogP contribution >= 0.6 is 0 Å². The highest BCUT2D eigenvalue weighted by Crippen LogP contribution is 2.31. The number of rotatable bonds is 6. The molecule has 170 valence electrons. The molecule has 0 saturated carbocycles. The molecule has 2 aromatic heterocycles. The average Bonchev–Trinajstić information content (AvgIpc) is 3.27. The number of nitrogens with zero attached hydrogens (tertiary/aromatic N) is 5. The Balaban J connectivity index is 1.62. The molecule has 0 radical (unpaired) electrons. The van der Waals surface area contributed by atoms with E-state index in [1.165, 1.54) is 6.42 Å². The third kappa shape index (κ3) is 4.39. The highest BCUT2D eigenvalue weighted by Gasteiger charge is 2.32. The Morgan fingerprint density at radius 1 is 1.18 bits per heavy atom. The fourth-order valence-corrected chi connectivity index (χ4v) is 4.76. The van der Waals surface area contributed by atoms with Gasteiger partial charge < -0.3 is 9.72 Å². The van der Waals surface area contributed by atoms with Gasteiger partial charge in [0, 0.05) is 18.2 Å². The summed E-state index contributed by atoms with van der Waals surface area (Å²) in [5, 5.41) is 13.7. The monoisotopic (exact) mass is 444 g/mol. The first-order valence-corrected chi connectivity index (χ1v) is 11.4. The quantitative estimate of drug-likeness (QED) is 0.490. The first kappa shape index (κ1) is 21.3. The van der Waals surface area contributed by atoms with Crippen molar-refractivity contribution >= 4 is 10.9 Å². The Morgan fingerprint density at radius 3 is 2.82 bits per heavy atom. The van der Waals surface area contributed by atoms with E-state index in [2.05, 4.69) is 44.5 Å². The second-order valence-corrected chi connectivity index (χ2v) is 8.83. The molecule has 1 aliphatic heterocycles. The van der Waals surface area contributed by atoms with Crippen molar-refractivity contribution in [3.05, 3.63) is 81.9 Å².